The molecular weight excluding hydrogens is 415 g/mol. The summed E-state index contributed by atoms with van der Waals surface area (Å²) in [5.41, 5.74) is 0. The molecule has 0 aromatic heterocycles. The van der Waals surface area contributed by atoms with Gasteiger partial charge in [0.2, 0.25) is 0 Å². The quantitative estimate of drug-likeness (QED) is 0.532. The molecule has 4 nitrogen and oxygen atoms in total. The highest BCUT2D eigenvalue weighted by Gasteiger charge is 2.91. The van der Waals surface area contributed by atoms with Crippen molar-refractivity contribution in [3.8, 4) is 0 Å². The van der Waals surface area contributed by atoms with Gasteiger partial charge in [0, 0.05) is 0 Å². The van der Waals surface area contributed by atoms with Crippen LogP contribution < -0.4 is 0 Å². The Kier molecular flexibility index (Phi) is 5.24. The summed E-state index contributed by atoms with van der Waals surface area (Å²) in [7, 11) is -6.75. The third-order valence-electron chi connectivity index (χ3n) is 2.11. The Balaban J connectivity index is 6.30. The SMILES string of the molecule is O=S(=O)(O)OC(F)(F)C(F)(F)C(F)(F)C(F)(F)C(F)(F)C(F)(F)F. The highest BCUT2D eigenvalue weighted by Crippen LogP contribution is 2.60. The summed E-state index contributed by atoms with van der Waals surface area (Å²) in [6, 6.07) is 0. The summed E-state index contributed by atoms with van der Waals surface area (Å²) >= 11 is 0. The maximum Gasteiger partial charge on any atom is 0.460 e. The van der Waals surface area contributed by atoms with E-state index < -0.39 is 46.4 Å². The Morgan fingerprint density at radius 2 is 0.875 bits per heavy atom. The maximum absolute atomic E-state index is 12.8. The zero-order valence-corrected chi connectivity index (χ0v) is 10.8. The van der Waals surface area contributed by atoms with Gasteiger partial charge in [-0.1, -0.05) is 0 Å². The third-order valence-corrected chi connectivity index (χ3v) is 2.53. The van der Waals surface area contributed by atoms with E-state index in [1.165, 1.54) is 0 Å². The van der Waals surface area contributed by atoms with Crippen LogP contribution in [0.5, 0.6) is 0 Å². The minimum atomic E-state index is -8.20. The van der Waals surface area contributed by atoms with Crippen LogP contribution in [0.15, 0.2) is 0 Å². The molecule has 0 amide bonds. The van der Waals surface area contributed by atoms with Crippen molar-refractivity contribution in [3.05, 3.63) is 0 Å². The second-order valence-electron chi connectivity index (χ2n) is 3.82. The summed E-state index contributed by atoms with van der Waals surface area (Å²) < 4.78 is 190. The molecule has 0 saturated heterocycles. The number of hydrogen-bond donors (Lipinski definition) is 1. The number of alkyl halides is 13. The van der Waals surface area contributed by atoms with Crippen LogP contribution in [0.1, 0.15) is 0 Å². The van der Waals surface area contributed by atoms with Gasteiger partial charge in [0.25, 0.3) is 0 Å². The lowest BCUT2D eigenvalue weighted by molar-refractivity contribution is -0.456. The Morgan fingerprint density at radius 3 is 1.12 bits per heavy atom. The predicted molar refractivity (Wildman–Crippen MR) is 43.4 cm³/mol. The molecular formula is C6HF13O4S. The van der Waals surface area contributed by atoms with Gasteiger partial charge in [-0.05, 0) is 0 Å². The van der Waals surface area contributed by atoms with E-state index in [-0.39, 0.29) is 0 Å². The van der Waals surface area contributed by atoms with Crippen LogP contribution in [-0.2, 0) is 14.6 Å². The topological polar surface area (TPSA) is 63.6 Å². The summed E-state index contributed by atoms with van der Waals surface area (Å²) in [5, 5.41) is 0. The number of hydrogen-bond acceptors (Lipinski definition) is 3. The highest BCUT2D eigenvalue weighted by atomic mass is 32.3. The zero-order valence-electron chi connectivity index (χ0n) is 9.99. The van der Waals surface area contributed by atoms with Gasteiger partial charge in [-0.2, -0.15) is 69.7 Å². The summed E-state index contributed by atoms with van der Waals surface area (Å²) in [6.07, 6.45) is -14.9. The largest absolute Gasteiger partial charge is 0.460 e. The minimum Gasteiger partial charge on any atom is -0.263 e. The first-order valence-corrected chi connectivity index (χ1v) is 5.96. The molecule has 0 aliphatic carbocycles. The molecule has 0 spiro atoms. The van der Waals surface area contributed by atoms with Crippen molar-refractivity contribution in [2.24, 2.45) is 0 Å². The molecule has 0 radical (unpaired) electrons. The monoisotopic (exact) mass is 416 g/mol. The maximum atomic E-state index is 12.8. The van der Waals surface area contributed by atoms with Crippen molar-refractivity contribution in [3.63, 3.8) is 0 Å². The van der Waals surface area contributed by atoms with Gasteiger partial charge in [-0.15, -0.1) is 0 Å². The average molecular weight is 416 g/mol. The molecule has 0 saturated carbocycles. The Hall–Kier alpha value is -1.04. The van der Waals surface area contributed by atoms with E-state index >= 15 is 0 Å². The van der Waals surface area contributed by atoms with Crippen LogP contribution in [0.3, 0.4) is 0 Å². The van der Waals surface area contributed by atoms with E-state index in [1.807, 2.05) is 0 Å². The van der Waals surface area contributed by atoms with Gasteiger partial charge >= 0.3 is 46.4 Å². The zero-order chi connectivity index (χ0) is 20.2. The minimum absolute atomic E-state index is 1.67. The lowest BCUT2D eigenvalue weighted by atomic mass is 9.97. The van der Waals surface area contributed by atoms with E-state index in [0.717, 1.165) is 0 Å². The van der Waals surface area contributed by atoms with Gasteiger partial charge in [-0.25, -0.2) is 0 Å². The van der Waals surface area contributed by atoms with Gasteiger partial charge in [-0.3, -0.25) is 4.55 Å². The molecule has 1 N–H and O–H groups in total. The lowest BCUT2D eigenvalue weighted by Crippen LogP contribution is -2.70. The van der Waals surface area contributed by atoms with Gasteiger partial charge < -0.3 is 0 Å². The second-order valence-corrected chi connectivity index (χ2v) is 4.85. The summed E-state index contributed by atoms with van der Waals surface area (Å²) in [6.45, 7) is 0. The fourth-order valence-electron chi connectivity index (χ4n) is 0.940. The van der Waals surface area contributed by atoms with Crippen molar-refractivity contribution in [2.45, 2.75) is 36.0 Å². The van der Waals surface area contributed by atoms with Crippen LogP contribution >= 0.6 is 0 Å². The van der Waals surface area contributed by atoms with E-state index in [2.05, 4.69) is 0 Å². The predicted octanol–water partition coefficient (Wildman–Crippen LogP) is 3.50. The molecule has 0 fully saturated rings. The van der Waals surface area contributed by atoms with Crippen molar-refractivity contribution in [1.82, 2.24) is 0 Å². The van der Waals surface area contributed by atoms with E-state index in [0.29, 0.717) is 0 Å². The van der Waals surface area contributed by atoms with Crippen LogP contribution in [0.2, 0.25) is 0 Å². The number of halogens is 13. The highest BCUT2D eigenvalue weighted by molar-refractivity contribution is 7.80. The molecule has 0 aliphatic rings. The van der Waals surface area contributed by atoms with Gasteiger partial charge in [0.1, 0.15) is 0 Å². The molecule has 0 aliphatic heterocycles. The van der Waals surface area contributed by atoms with Crippen LogP contribution in [0, 0.1) is 0 Å². The molecule has 0 rings (SSSR count). The summed E-state index contributed by atoms with van der Waals surface area (Å²) in [4.78, 5) is 0. The van der Waals surface area contributed by atoms with E-state index in [4.69, 9.17) is 4.55 Å². The first-order chi connectivity index (χ1) is 9.96. The molecule has 0 aromatic carbocycles. The fraction of sp³-hybridized carbons (Fsp3) is 1.00. The van der Waals surface area contributed by atoms with Crippen molar-refractivity contribution < 1.29 is 74.2 Å². The lowest BCUT2D eigenvalue weighted by Gasteiger charge is -2.38. The van der Waals surface area contributed by atoms with E-state index in [9.17, 15) is 65.5 Å². The molecule has 0 unspecified atom stereocenters. The molecule has 0 heterocycles. The van der Waals surface area contributed by atoms with Gasteiger partial charge in [0.15, 0.2) is 0 Å². The standard InChI is InChI=1S/C6HF13O4S/c7-1(8,3(11,12)5(15,16)17)2(9,10)4(13,14)6(18,19)23-24(20,21)22/h(H,20,21,22). The molecule has 0 atom stereocenters. The third kappa shape index (κ3) is 3.35. The molecule has 146 valence electrons. The molecule has 18 heteroatoms. The van der Waals surface area contributed by atoms with Gasteiger partial charge in [0.05, 0.1) is 0 Å². The summed E-state index contributed by atoms with van der Waals surface area (Å²) in [5.74, 6) is -32.3. The van der Waals surface area contributed by atoms with Crippen LogP contribution in [0.4, 0.5) is 57.1 Å². The second kappa shape index (κ2) is 5.48. The Morgan fingerprint density at radius 1 is 0.583 bits per heavy atom. The smallest absolute Gasteiger partial charge is 0.263 e. The normalized spacial score (nSPS) is 16.4. The fourth-order valence-corrected chi connectivity index (χ4v) is 1.31. The Labute approximate surface area is 122 Å². The van der Waals surface area contributed by atoms with E-state index in [1.54, 1.807) is 4.18 Å². The molecule has 24 heavy (non-hydrogen) atoms. The molecule has 0 bridgehead atoms. The average Bonchev–Trinajstić information content (AvgIpc) is 2.22. The molecule has 0 aromatic rings. The van der Waals surface area contributed by atoms with Crippen molar-refractivity contribution in [1.29, 1.82) is 0 Å². The van der Waals surface area contributed by atoms with Crippen molar-refractivity contribution in [2.75, 3.05) is 0 Å². The van der Waals surface area contributed by atoms with Crippen LogP contribution in [0.25, 0.3) is 0 Å². The first kappa shape index (κ1) is 23.0. The first-order valence-electron chi connectivity index (χ1n) is 4.59. The van der Waals surface area contributed by atoms with Crippen LogP contribution in [-0.4, -0.2) is 48.9 Å². The Bertz CT molecular complexity index is 576. The number of rotatable bonds is 6. The van der Waals surface area contributed by atoms with Crippen molar-refractivity contribution >= 4 is 10.4 Å².